The maximum Gasteiger partial charge on any atom is 0.239 e. The summed E-state index contributed by atoms with van der Waals surface area (Å²) in [6, 6.07) is 8.04. The van der Waals surface area contributed by atoms with Crippen molar-refractivity contribution in [2.75, 3.05) is 39.9 Å². The van der Waals surface area contributed by atoms with Crippen LogP contribution in [0.25, 0.3) is 0 Å². The molecule has 2 fully saturated rings. The van der Waals surface area contributed by atoms with Crippen molar-refractivity contribution in [2.45, 2.75) is 38.0 Å². The van der Waals surface area contributed by atoms with E-state index >= 15 is 0 Å². The van der Waals surface area contributed by atoms with Crippen molar-refractivity contribution in [3.8, 4) is 5.75 Å². The summed E-state index contributed by atoms with van der Waals surface area (Å²) in [7, 11) is 1.68. The topological polar surface area (TPSA) is 62.8 Å². The van der Waals surface area contributed by atoms with E-state index in [0.29, 0.717) is 19.7 Å². The smallest absolute Gasteiger partial charge is 0.239 e. The van der Waals surface area contributed by atoms with Crippen LogP contribution in [0.15, 0.2) is 24.3 Å². The van der Waals surface area contributed by atoms with Gasteiger partial charge in [0.25, 0.3) is 0 Å². The summed E-state index contributed by atoms with van der Waals surface area (Å²) in [5.74, 6) is 0.864. The SMILES string of the molecule is COc1cccc(C(CNC(=O)[C@H]2NCCO[C@@H]2C)N2CCCC2)c1.Cl.Cl. The van der Waals surface area contributed by atoms with Gasteiger partial charge in [0.1, 0.15) is 11.8 Å². The lowest BCUT2D eigenvalue weighted by Gasteiger charge is -2.32. The van der Waals surface area contributed by atoms with Crippen LogP contribution >= 0.6 is 24.8 Å². The molecule has 6 nitrogen and oxygen atoms in total. The molecule has 154 valence electrons. The van der Waals surface area contributed by atoms with Crippen molar-refractivity contribution < 1.29 is 14.3 Å². The highest BCUT2D eigenvalue weighted by atomic mass is 35.5. The van der Waals surface area contributed by atoms with E-state index in [0.717, 1.165) is 18.8 Å². The van der Waals surface area contributed by atoms with Gasteiger partial charge in [-0.25, -0.2) is 0 Å². The van der Waals surface area contributed by atoms with Gasteiger partial charge < -0.3 is 20.1 Å². The van der Waals surface area contributed by atoms with E-state index in [1.165, 1.54) is 18.4 Å². The molecule has 1 unspecified atom stereocenters. The summed E-state index contributed by atoms with van der Waals surface area (Å²) in [5, 5.41) is 6.38. The first kappa shape index (κ1) is 24.0. The van der Waals surface area contributed by atoms with Gasteiger partial charge in [0.15, 0.2) is 0 Å². The summed E-state index contributed by atoms with van der Waals surface area (Å²) in [6.07, 6.45) is 2.32. The van der Waals surface area contributed by atoms with Crippen LogP contribution in [-0.2, 0) is 9.53 Å². The summed E-state index contributed by atoms with van der Waals surface area (Å²) < 4.78 is 11.0. The van der Waals surface area contributed by atoms with Gasteiger partial charge in [-0.2, -0.15) is 0 Å². The number of ether oxygens (including phenoxy) is 2. The second-order valence-electron chi connectivity index (χ2n) is 6.79. The Hall–Kier alpha value is -1.05. The number of carbonyl (C=O) groups is 1. The molecule has 1 aromatic carbocycles. The average molecular weight is 420 g/mol. The molecule has 0 spiro atoms. The number of nitrogens with one attached hydrogen (secondary N) is 2. The number of benzene rings is 1. The van der Waals surface area contributed by atoms with Gasteiger partial charge in [0, 0.05) is 13.1 Å². The Kier molecular flexibility index (Phi) is 10.4. The molecule has 3 rings (SSSR count). The van der Waals surface area contributed by atoms with Crippen molar-refractivity contribution in [2.24, 2.45) is 0 Å². The van der Waals surface area contributed by atoms with E-state index in [1.807, 2.05) is 19.1 Å². The molecular weight excluding hydrogens is 389 g/mol. The first-order valence-electron chi connectivity index (χ1n) is 9.19. The highest BCUT2D eigenvalue weighted by Gasteiger charge is 2.30. The molecule has 1 amide bonds. The van der Waals surface area contributed by atoms with Crippen LogP contribution in [-0.4, -0.2) is 62.8 Å². The monoisotopic (exact) mass is 419 g/mol. The van der Waals surface area contributed by atoms with E-state index in [9.17, 15) is 4.79 Å². The number of likely N-dealkylation sites (tertiary alicyclic amines) is 1. The minimum Gasteiger partial charge on any atom is -0.497 e. The zero-order valence-corrected chi connectivity index (χ0v) is 17.6. The largest absolute Gasteiger partial charge is 0.497 e. The quantitative estimate of drug-likeness (QED) is 0.739. The number of rotatable bonds is 6. The third-order valence-corrected chi connectivity index (χ3v) is 5.13. The fourth-order valence-corrected chi connectivity index (χ4v) is 3.69. The number of hydrogen-bond acceptors (Lipinski definition) is 5. The molecule has 0 aliphatic carbocycles. The van der Waals surface area contributed by atoms with Crippen molar-refractivity contribution in [3.63, 3.8) is 0 Å². The van der Waals surface area contributed by atoms with Gasteiger partial charge in [-0.3, -0.25) is 9.69 Å². The van der Waals surface area contributed by atoms with Crippen LogP contribution in [0, 0.1) is 0 Å². The van der Waals surface area contributed by atoms with E-state index in [1.54, 1.807) is 7.11 Å². The summed E-state index contributed by atoms with van der Waals surface area (Å²) in [5.41, 5.74) is 1.18. The lowest BCUT2D eigenvalue weighted by atomic mass is 10.0. The molecule has 0 saturated carbocycles. The Labute approximate surface area is 174 Å². The third kappa shape index (κ3) is 6.22. The van der Waals surface area contributed by atoms with Gasteiger partial charge in [0.2, 0.25) is 5.91 Å². The molecule has 2 aliphatic rings. The fourth-order valence-electron chi connectivity index (χ4n) is 3.69. The molecule has 1 aromatic rings. The minimum atomic E-state index is -0.279. The van der Waals surface area contributed by atoms with Crippen molar-refractivity contribution in [1.82, 2.24) is 15.5 Å². The number of carbonyl (C=O) groups excluding carboxylic acids is 1. The Morgan fingerprint density at radius 3 is 2.78 bits per heavy atom. The number of hydrogen-bond donors (Lipinski definition) is 2. The van der Waals surface area contributed by atoms with Crippen LogP contribution < -0.4 is 15.4 Å². The molecular formula is C19H31Cl2N3O3. The van der Waals surface area contributed by atoms with E-state index in [4.69, 9.17) is 9.47 Å². The van der Waals surface area contributed by atoms with Crippen LogP contribution in [0.4, 0.5) is 0 Å². The molecule has 2 aliphatic heterocycles. The lowest BCUT2D eigenvalue weighted by molar-refractivity contribution is -0.129. The highest BCUT2D eigenvalue weighted by molar-refractivity contribution is 5.85. The van der Waals surface area contributed by atoms with E-state index in [2.05, 4.69) is 27.7 Å². The second kappa shape index (κ2) is 11.7. The molecule has 0 bridgehead atoms. The lowest BCUT2D eigenvalue weighted by Crippen LogP contribution is -2.56. The van der Waals surface area contributed by atoms with Gasteiger partial charge >= 0.3 is 0 Å². The fraction of sp³-hybridized carbons (Fsp3) is 0.632. The summed E-state index contributed by atoms with van der Waals surface area (Å²) >= 11 is 0. The van der Waals surface area contributed by atoms with Crippen LogP contribution in [0.1, 0.15) is 31.4 Å². The van der Waals surface area contributed by atoms with Crippen molar-refractivity contribution in [3.05, 3.63) is 29.8 Å². The Bertz CT molecular complexity index is 585. The number of amides is 1. The van der Waals surface area contributed by atoms with E-state index < -0.39 is 0 Å². The molecule has 27 heavy (non-hydrogen) atoms. The predicted octanol–water partition coefficient (Wildman–Crippen LogP) is 2.17. The number of morpholine rings is 1. The highest BCUT2D eigenvalue weighted by Crippen LogP contribution is 2.27. The second-order valence-corrected chi connectivity index (χ2v) is 6.79. The average Bonchev–Trinajstić information content (AvgIpc) is 3.16. The van der Waals surface area contributed by atoms with Gasteiger partial charge in [-0.05, 0) is 50.6 Å². The zero-order chi connectivity index (χ0) is 17.6. The Morgan fingerprint density at radius 2 is 2.11 bits per heavy atom. The molecule has 0 radical (unpaired) electrons. The van der Waals surface area contributed by atoms with Crippen LogP contribution in [0.2, 0.25) is 0 Å². The molecule has 0 aromatic heterocycles. The molecule has 3 atom stereocenters. The maximum absolute atomic E-state index is 12.6. The van der Waals surface area contributed by atoms with Crippen molar-refractivity contribution in [1.29, 1.82) is 0 Å². The van der Waals surface area contributed by atoms with Crippen molar-refractivity contribution >= 4 is 30.7 Å². The summed E-state index contributed by atoms with van der Waals surface area (Å²) in [6.45, 7) is 6.05. The standard InChI is InChI=1S/C19H29N3O3.2ClH/c1-14-18(20-8-11-25-14)19(23)21-13-17(22-9-3-4-10-22)15-6-5-7-16(12-15)24-2;;/h5-7,12,14,17-18,20H,3-4,8-11,13H2,1-2H3,(H,21,23);2*1H/t14-,17?,18+;;/m1../s1. The number of methoxy groups -OCH3 is 1. The van der Waals surface area contributed by atoms with E-state index in [-0.39, 0.29) is 48.9 Å². The van der Waals surface area contributed by atoms with Gasteiger partial charge in [0.05, 0.1) is 25.9 Å². The summed E-state index contributed by atoms with van der Waals surface area (Å²) in [4.78, 5) is 15.0. The molecule has 2 N–H and O–H groups in total. The minimum absolute atomic E-state index is 0. The predicted molar refractivity (Wildman–Crippen MR) is 111 cm³/mol. The first-order chi connectivity index (χ1) is 12.2. The first-order valence-corrected chi connectivity index (χ1v) is 9.19. The van der Waals surface area contributed by atoms with Crippen LogP contribution in [0.3, 0.4) is 0 Å². The normalized spacial score (nSPS) is 23.6. The molecule has 8 heteroatoms. The molecule has 2 heterocycles. The maximum atomic E-state index is 12.6. The Balaban J connectivity index is 0.00000182. The number of halogens is 2. The molecule has 2 saturated heterocycles. The van der Waals surface area contributed by atoms with Gasteiger partial charge in [-0.1, -0.05) is 12.1 Å². The Morgan fingerprint density at radius 1 is 1.37 bits per heavy atom. The number of nitrogens with zero attached hydrogens (tertiary/aromatic N) is 1. The van der Waals surface area contributed by atoms with Gasteiger partial charge in [-0.15, -0.1) is 24.8 Å². The van der Waals surface area contributed by atoms with Crippen LogP contribution in [0.5, 0.6) is 5.75 Å². The third-order valence-electron chi connectivity index (χ3n) is 5.13. The zero-order valence-electron chi connectivity index (χ0n) is 16.0.